The summed E-state index contributed by atoms with van der Waals surface area (Å²) in [6.07, 6.45) is 4.82. The first-order valence-corrected chi connectivity index (χ1v) is 4.35. The molecule has 2 atom stereocenters. The monoisotopic (exact) mass is 156 g/mol. The van der Waals surface area contributed by atoms with Gasteiger partial charge in [0, 0.05) is 6.92 Å². The average molecular weight is 156 g/mol. The molecule has 1 fully saturated rings. The fourth-order valence-corrected chi connectivity index (χ4v) is 1.72. The Morgan fingerprint density at radius 2 is 2.18 bits per heavy atom. The molecule has 2 nitrogen and oxygen atoms in total. The van der Waals surface area contributed by atoms with Crippen LogP contribution < -0.4 is 0 Å². The van der Waals surface area contributed by atoms with Gasteiger partial charge in [0.25, 0.3) is 0 Å². The van der Waals surface area contributed by atoms with E-state index in [1.165, 1.54) is 19.8 Å². The van der Waals surface area contributed by atoms with Crippen molar-refractivity contribution in [3.8, 4) is 0 Å². The zero-order chi connectivity index (χ0) is 8.27. The molecule has 1 aliphatic rings. The van der Waals surface area contributed by atoms with Gasteiger partial charge in [-0.15, -0.1) is 0 Å². The first-order chi connectivity index (χ1) is 5.18. The van der Waals surface area contributed by atoms with Crippen LogP contribution in [0.1, 0.15) is 39.5 Å². The highest BCUT2D eigenvalue weighted by atomic mass is 16.5. The van der Waals surface area contributed by atoms with E-state index in [1.54, 1.807) is 0 Å². The maximum Gasteiger partial charge on any atom is 0.302 e. The third-order valence-corrected chi connectivity index (χ3v) is 2.22. The van der Waals surface area contributed by atoms with Gasteiger partial charge in [-0.05, 0) is 25.2 Å². The summed E-state index contributed by atoms with van der Waals surface area (Å²) in [4.78, 5) is 10.6. The Kier molecular flexibility index (Phi) is 2.92. The van der Waals surface area contributed by atoms with Crippen molar-refractivity contribution in [2.24, 2.45) is 5.92 Å². The first kappa shape index (κ1) is 8.57. The van der Waals surface area contributed by atoms with Crippen LogP contribution in [0.3, 0.4) is 0 Å². The fourth-order valence-electron chi connectivity index (χ4n) is 1.72. The van der Waals surface area contributed by atoms with Gasteiger partial charge >= 0.3 is 5.97 Å². The highest BCUT2D eigenvalue weighted by Gasteiger charge is 2.20. The number of ether oxygens (including phenoxy) is 1. The Bertz CT molecular complexity index is 142. The largest absolute Gasteiger partial charge is 0.463 e. The second kappa shape index (κ2) is 3.74. The molecule has 1 aliphatic carbocycles. The van der Waals surface area contributed by atoms with Crippen molar-refractivity contribution in [1.82, 2.24) is 0 Å². The van der Waals surface area contributed by atoms with Gasteiger partial charge in [-0.3, -0.25) is 4.79 Å². The standard InChI is InChI=1S/C9H16O2/c1-7-4-3-5-9(6-7)11-8(2)10/h7,9H,3-6H2,1-2H3/t7-,9+/m0/s1. The van der Waals surface area contributed by atoms with Crippen LogP contribution in [0.5, 0.6) is 0 Å². The molecule has 0 aliphatic heterocycles. The van der Waals surface area contributed by atoms with Gasteiger partial charge in [-0.1, -0.05) is 13.3 Å². The van der Waals surface area contributed by atoms with Gasteiger partial charge in [-0.2, -0.15) is 0 Å². The van der Waals surface area contributed by atoms with Crippen LogP contribution in [0.15, 0.2) is 0 Å². The Hall–Kier alpha value is -0.530. The van der Waals surface area contributed by atoms with Crippen LogP contribution in [-0.2, 0) is 9.53 Å². The number of carbonyl (C=O) groups excluding carboxylic acids is 1. The lowest BCUT2D eigenvalue weighted by atomic mass is 9.89. The van der Waals surface area contributed by atoms with Crippen molar-refractivity contribution in [2.45, 2.75) is 45.6 Å². The van der Waals surface area contributed by atoms with E-state index in [9.17, 15) is 4.79 Å². The minimum absolute atomic E-state index is 0.135. The van der Waals surface area contributed by atoms with Crippen molar-refractivity contribution in [1.29, 1.82) is 0 Å². The van der Waals surface area contributed by atoms with E-state index in [0.717, 1.165) is 18.8 Å². The predicted molar refractivity (Wildman–Crippen MR) is 43.2 cm³/mol. The molecule has 0 radical (unpaired) electrons. The van der Waals surface area contributed by atoms with E-state index < -0.39 is 0 Å². The molecule has 0 heterocycles. The smallest absolute Gasteiger partial charge is 0.302 e. The Morgan fingerprint density at radius 1 is 1.45 bits per heavy atom. The van der Waals surface area contributed by atoms with Gasteiger partial charge in [0.15, 0.2) is 0 Å². The number of esters is 1. The Morgan fingerprint density at radius 3 is 2.73 bits per heavy atom. The molecule has 0 bridgehead atoms. The van der Waals surface area contributed by atoms with E-state index in [2.05, 4.69) is 6.92 Å². The third-order valence-electron chi connectivity index (χ3n) is 2.22. The van der Waals surface area contributed by atoms with Crippen molar-refractivity contribution >= 4 is 5.97 Å². The zero-order valence-electron chi connectivity index (χ0n) is 7.30. The summed E-state index contributed by atoms with van der Waals surface area (Å²) in [5.41, 5.74) is 0. The summed E-state index contributed by atoms with van der Waals surface area (Å²) in [5, 5.41) is 0. The normalized spacial score (nSPS) is 31.5. The molecule has 1 saturated carbocycles. The summed E-state index contributed by atoms with van der Waals surface area (Å²) in [5.74, 6) is 0.595. The van der Waals surface area contributed by atoms with Crippen LogP contribution >= 0.6 is 0 Å². The van der Waals surface area contributed by atoms with E-state index in [-0.39, 0.29) is 12.1 Å². The first-order valence-electron chi connectivity index (χ1n) is 4.35. The Balaban J connectivity index is 2.28. The lowest BCUT2D eigenvalue weighted by molar-refractivity contribution is -0.148. The lowest BCUT2D eigenvalue weighted by Gasteiger charge is -2.25. The number of hydrogen-bond acceptors (Lipinski definition) is 2. The van der Waals surface area contributed by atoms with Crippen LogP contribution in [-0.4, -0.2) is 12.1 Å². The van der Waals surface area contributed by atoms with Crippen LogP contribution in [0, 0.1) is 5.92 Å². The second-order valence-corrected chi connectivity index (χ2v) is 3.50. The fraction of sp³-hybridized carbons (Fsp3) is 0.889. The van der Waals surface area contributed by atoms with Gasteiger partial charge in [0.2, 0.25) is 0 Å². The van der Waals surface area contributed by atoms with Crippen LogP contribution in [0.25, 0.3) is 0 Å². The van der Waals surface area contributed by atoms with Crippen LogP contribution in [0.2, 0.25) is 0 Å². The van der Waals surface area contributed by atoms with Crippen molar-refractivity contribution in [3.05, 3.63) is 0 Å². The molecule has 0 amide bonds. The SMILES string of the molecule is CC(=O)O[C@@H]1CCC[C@H](C)C1. The summed E-state index contributed by atoms with van der Waals surface area (Å²) in [6.45, 7) is 3.70. The molecule has 2 heteroatoms. The van der Waals surface area contributed by atoms with E-state index in [4.69, 9.17) is 4.74 Å². The van der Waals surface area contributed by atoms with Crippen molar-refractivity contribution in [2.75, 3.05) is 0 Å². The zero-order valence-corrected chi connectivity index (χ0v) is 7.30. The topological polar surface area (TPSA) is 26.3 Å². The molecular weight excluding hydrogens is 140 g/mol. The predicted octanol–water partition coefficient (Wildman–Crippen LogP) is 2.13. The quantitative estimate of drug-likeness (QED) is 0.543. The number of hydrogen-bond donors (Lipinski definition) is 0. The molecule has 0 saturated heterocycles. The van der Waals surface area contributed by atoms with E-state index >= 15 is 0 Å². The Labute approximate surface area is 67.9 Å². The molecule has 0 aromatic heterocycles. The van der Waals surface area contributed by atoms with Gasteiger partial charge in [0.05, 0.1) is 0 Å². The molecular formula is C9H16O2. The second-order valence-electron chi connectivity index (χ2n) is 3.50. The molecule has 11 heavy (non-hydrogen) atoms. The minimum Gasteiger partial charge on any atom is -0.463 e. The van der Waals surface area contributed by atoms with Crippen molar-refractivity contribution < 1.29 is 9.53 Å². The van der Waals surface area contributed by atoms with Crippen LogP contribution in [0.4, 0.5) is 0 Å². The summed E-state index contributed by atoms with van der Waals surface area (Å²) < 4.78 is 5.12. The van der Waals surface area contributed by atoms with E-state index in [0.29, 0.717) is 0 Å². The summed E-state index contributed by atoms with van der Waals surface area (Å²) in [7, 11) is 0. The maximum atomic E-state index is 10.6. The average Bonchev–Trinajstić information content (AvgIpc) is 1.85. The minimum atomic E-state index is -0.135. The molecule has 0 N–H and O–H groups in total. The molecule has 0 unspecified atom stereocenters. The third kappa shape index (κ3) is 2.91. The maximum absolute atomic E-state index is 10.6. The molecule has 1 rings (SSSR count). The molecule has 0 spiro atoms. The van der Waals surface area contributed by atoms with Crippen molar-refractivity contribution in [3.63, 3.8) is 0 Å². The highest BCUT2D eigenvalue weighted by molar-refractivity contribution is 5.66. The highest BCUT2D eigenvalue weighted by Crippen LogP contribution is 2.25. The molecule has 64 valence electrons. The van der Waals surface area contributed by atoms with E-state index in [1.807, 2.05) is 0 Å². The summed E-state index contributed by atoms with van der Waals surface area (Å²) in [6, 6.07) is 0. The van der Waals surface area contributed by atoms with Gasteiger partial charge in [-0.25, -0.2) is 0 Å². The number of carbonyl (C=O) groups is 1. The van der Waals surface area contributed by atoms with Gasteiger partial charge in [0.1, 0.15) is 6.10 Å². The summed E-state index contributed by atoms with van der Waals surface area (Å²) >= 11 is 0. The van der Waals surface area contributed by atoms with Gasteiger partial charge < -0.3 is 4.74 Å². The molecule has 0 aromatic carbocycles. The lowest BCUT2D eigenvalue weighted by Crippen LogP contribution is -2.23. The molecule has 0 aromatic rings. The number of rotatable bonds is 1.